The molecule has 0 heterocycles. The fourth-order valence-electron chi connectivity index (χ4n) is 2.06. The van der Waals surface area contributed by atoms with Gasteiger partial charge in [-0.1, -0.05) is 6.92 Å². The van der Waals surface area contributed by atoms with Crippen LogP contribution >= 0.6 is 0 Å². The molecule has 0 rings (SSSR count). The number of aliphatic hydroxyl groups is 1. The molecule has 0 bridgehead atoms. The summed E-state index contributed by atoms with van der Waals surface area (Å²) >= 11 is 0. The molecule has 0 radical (unpaired) electrons. The van der Waals surface area contributed by atoms with Crippen molar-refractivity contribution >= 4 is 5.71 Å². The Bertz CT molecular complexity index is 392. The largest absolute Gasteiger partial charge is 0.394 e. The van der Waals surface area contributed by atoms with Gasteiger partial charge >= 0.3 is 0 Å². The molecule has 0 spiro atoms. The zero-order valence-electron chi connectivity index (χ0n) is 15.3. The Morgan fingerprint density at radius 1 is 1.30 bits per heavy atom. The number of hydrogen-bond donors (Lipinski definition) is 4. The molecule has 0 amide bonds. The first-order valence-electron chi connectivity index (χ1n) is 8.22. The summed E-state index contributed by atoms with van der Waals surface area (Å²) in [6.45, 7) is 8.61. The smallest absolute Gasteiger partial charge is 0.0645 e. The first-order valence-corrected chi connectivity index (χ1v) is 8.22. The first-order chi connectivity index (χ1) is 11.1. The van der Waals surface area contributed by atoms with E-state index in [-0.39, 0.29) is 12.6 Å². The van der Waals surface area contributed by atoms with Crippen molar-refractivity contribution in [3.05, 3.63) is 23.7 Å². The standard InChI is InChI=1S/C17H34N4O2/c1-6-17(18-4)14(2)15(3)20-9-10-21-16(13-22)12-19-8-7-11-23-5/h9-10,16,19-22H,6-8,11-13H2,1-5H3/b10-9+,15-14+,18-17?/t16-/m1/s1. The minimum atomic E-state index is -0.00983. The Balaban J connectivity index is 4.17. The summed E-state index contributed by atoms with van der Waals surface area (Å²) < 4.78 is 4.99. The zero-order valence-corrected chi connectivity index (χ0v) is 15.3. The maximum Gasteiger partial charge on any atom is 0.0645 e. The number of methoxy groups -OCH3 is 1. The van der Waals surface area contributed by atoms with Crippen molar-refractivity contribution in [2.24, 2.45) is 4.99 Å². The van der Waals surface area contributed by atoms with Crippen LogP contribution in [-0.4, -0.2) is 57.3 Å². The van der Waals surface area contributed by atoms with Gasteiger partial charge in [-0.3, -0.25) is 4.99 Å². The SMILES string of the molecule is CCC(=NC)/C(C)=C(\C)N/C=C/N[C@@H](CO)CNCCCOC. The van der Waals surface area contributed by atoms with Gasteiger partial charge in [0.15, 0.2) is 0 Å². The predicted octanol–water partition coefficient (Wildman–Crippen LogP) is 1.40. The molecule has 0 aromatic heterocycles. The highest BCUT2D eigenvalue weighted by Crippen LogP contribution is 2.05. The second-order valence-corrected chi connectivity index (χ2v) is 5.35. The monoisotopic (exact) mass is 326 g/mol. The molecular formula is C17H34N4O2. The predicted molar refractivity (Wildman–Crippen MR) is 97.7 cm³/mol. The molecule has 4 N–H and O–H groups in total. The van der Waals surface area contributed by atoms with Crippen LogP contribution in [0.3, 0.4) is 0 Å². The topological polar surface area (TPSA) is 77.9 Å². The summed E-state index contributed by atoms with van der Waals surface area (Å²) in [4.78, 5) is 4.28. The summed E-state index contributed by atoms with van der Waals surface area (Å²) in [7, 11) is 3.52. The van der Waals surface area contributed by atoms with Crippen LogP contribution in [-0.2, 0) is 4.74 Å². The van der Waals surface area contributed by atoms with Crippen LogP contribution in [0.2, 0.25) is 0 Å². The van der Waals surface area contributed by atoms with Crippen LogP contribution in [0.4, 0.5) is 0 Å². The van der Waals surface area contributed by atoms with Gasteiger partial charge in [0.25, 0.3) is 0 Å². The summed E-state index contributed by atoms with van der Waals surface area (Å²) in [6.07, 6.45) is 5.55. The van der Waals surface area contributed by atoms with Crippen LogP contribution in [0, 0.1) is 0 Å². The molecule has 6 heteroatoms. The summed E-state index contributed by atoms with van der Waals surface area (Å²) in [5, 5.41) is 19.0. The number of allylic oxidation sites excluding steroid dienone is 2. The average Bonchev–Trinajstić information content (AvgIpc) is 2.57. The third kappa shape index (κ3) is 10.1. The second-order valence-electron chi connectivity index (χ2n) is 5.35. The highest BCUT2D eigenvalue weighted by Gasteiger charge is 2.04. The number of nitrogens with zero attached hydrogens (tertiary/aromatic N) is 1. The zero-order chi connectivity index (χ0) is 17.5. The number of ether oxygens (including phenoxy) is 1. The lowest BCUT2D eigenvalue weighted by molar-refractivity contribution is 0.193. The Morgan fingerprint density at radius 3 is 2.61 bits per heavy atom. The third-order valence-corrected chi connectivity index (χ3v) is 3.63. The summed E-state index contributed by atoms with van der Waals surface area (Å²) in [5.41, 5.74) is 3.34. The van der Waals surface area contributed by atoms with E-state index in [0.29, 0.717) is 6.54 Å². The van der Waals surface area contributed by atoms with Crippen molar-refractivity contribution in [2.75, 3.05) is 40.5 Å². The highest BCUT2D eigenvalue weighted by atomic mass is 16.5. The molecule has 0 aliphatic heterocycles. The third-order valence-electron chi connectivity index (χ3n) is 3.63. The molecule has 0 unspecified atom stereocenters. The van der Waals surface area contributed by atoms with Crippen LogP contribution < -0.4 is 16.0 Å². The van der Waals surface area contributed by atoms with E-state index in [2.05, 4.69) is 34.8 Å². The average molecular weight is 326 g/mol. The molecule has 0 aliphatic carbocycles. The Kier molecular flexibility index (Phi) is 13.4. The van der Waals surface area contributed by atoms with Crippen LogP contribution in [0.25, 0.3) is 0 Å². The number of aliphatic imine (C=N–C) groups is 1. The Labute approximate surface area is 141 Å². The van der Waals surface area contributed by atoms with Gasteiger partial charge in [0.05, 0.1) is 12.6 Å². The minimum Gasteiger partial charge on any atom is -0.394 e. The lowest BCUT2D eigenvalue weighted by Crippen LogP contribution is -2.39. The van der Waals surface area contributed by atoms with Crippen LogP contribution in [0.5, 0.6) is 0 Å². The summed E-state index contributed by atoms with van der Waals surface area (Å²) in [5.74, 6) is 0. The highest BCUT2D eigenvalue weighted by molar-refractivity contribution is 5.99. The van der Waals surface area contributed by atoms with Gasteiger partial charge in [0.1, 0.15) is 0 Å². The molecule has 0 saturated heterocycles. The molecule has 0 fully saturated rings. The fraction of sp³-hybridized carbons (Fsp3) is 0.706. The van der Waals surface area contributed by atoms with Crippen molar-refractivity contribution < 1.29 is 9.84 Å². The Morgan fingerprint density at radius 2 is 2.04 bits per heavy atom. The van der Waals surface area contributed by atoms with Crippen LogP contribution in [0.1, 0.15) is 33.6 Å². The maximum atomic E-state index is 9.36. The molecule has 6 nitrogen and oxygen atoms in total. The Hall–Kier alpha value is -1.37. The molecule has 0 aromatic rings. The van der Waals surface area contributed by atoms with Crippen molar-refractivity contribution in [3.63, 3.8) is 0 Å². The number of aliphatic hydroxyl groups excluding tert-OH is 1. The lowest BCUT2D eigenvalue weighted by atomic mass is 10.1. The van der Waals surface area contributed by atoms with Gasteiger partial charge in [-0.25, -0.2) is 0 Å². The second kappa shape index (κ2) is 14.2. The quantitative estimate of drug-likeness (QED) is 0.304. The van der Waals surface area contributed by atoms with Gasteiger partial charge in [-0.05, 0) is 38.8 Å². The van der Waals surface area contributed by atoms with E-state index in [1.165, 1.54) is 0 Å². The van der Waals surface area contributed by atoms with E-state index in [0.717, 1.165) is 43.0 Å². The van der Waals surface area contributed by atoms with Crippen molar-refractivity contribution in [1.29, 1.82) is 0 Å². The molecule has 0 aliphatic rings. The lowest BCUT2D eigenvalue weighted by Gasteiger charge is -2.15. The normalized spacial score (nSPS) is 14.8. The van der Waals surface area contributed by atoms with E-state index in [1.807, 2.05) is 26.4 Å². The number of rotatable bonds is 13. The molecule has 23 heavy (non-hydrogen) atoms. The summed E-state index contributed by atoms with van der Waals surface area (Å²) in [6, 6.07) is -0.00983. The fourth-order valence-corrected chi connectivity index (χ4v) is 2.06. The van der Waals surface area contributed by atoms with Crippen molar-refractivity contribution in [2.45, 2.75) is 39.7 Å². The van der Waals surface area contributed by atoms with Gasteiger partial charge in [0, 0.05) is 51.1 Å². The van der Waals surface area contributed by atoms with Gasteiger partial charge in [-0.15, -0.1) is 0 Å². The van der Waals surface area contributed by atoms with Crippen LogP contribution in [0.15, 0.2) is 28.7 Å². The first kappa shape index (κ1) is 21.6. The molecule has 0 aromatic carbocycles. The van der Waals surface area contributed by atoms with Gasteiger partial charge in [0.2, 0.25) is 0 Å². The van der Waals surface area contributed by atoms with E-state index in [1.54, 1.807) is 7.11 Å². The maximum absolute atomic E-state index is 9.36. The molecule has 1 atom stereocenters. The molecule has 134 valence electrons. The van der Waals surface area contributed by atoms with E-state index in [4.69, 9.17) is 4.74 Å². The number of nitrogens with one attached hydrogen (secondary N) is 3. The van der Waals surface area contributed by atoms with Gasteiger partial charge in [-0.2, -0.15) is 0 Å². The molecular weight excluding hydrogens is 292 g/mol. The van der Waals surface area contributed by atoms with Crippen molar-refractivity contribution in [3.8, 4) is 0 Å². The molecule has 0 saturated carbocycles. The number of hydrogen-bond acceptors (Lipinski definition) is 6. The minimum absolute atomic E-state index is 0.00983. The van der Waals surface area contributed by atoms with E-state index in [9.17, 15) is 5.11 Å². The van der Waals surface area contributed by atoms with E-state index < -0.39 is 0 Å². The van der Waals surface area contributed by atoms with Crippen molar-refractivity contribution in [1.82, 2.24) is 16.0 Å². The van der Waals surface area contributed by atoms with Gasteiger partial charge < -0.3 is 25.8 Å². The van der Waals surface area contributed by atoms with E-state index >= 15 is 0 Å².